The fraction of sp³-hybridized carbons (Fsp3) is 1.00. The van der Waals surface area contributed by atoms with Gasteiger partial charge in [0.2, 0.25) is 0 Å². The third kappa shape index (κ3) is 1.43. The van der Waals surface area contributed by atoms with Crippen molar-refractivity contribution in [2.24, 2.45) is 17.6 Å². The first-order valence-corrected chi connectivity index (χ1v) is 3.79. The first-order chi connectivity index (χ1) is 4.38. The normalized spacial score (nSPS) is 35.3. The fourth-order valence-corrected chi connectivity index (χ4v) is 1.54. The van der Waals surface area contributed by atoms with Crippen molar-refractivity contribution in [3.8, 4) is 0 Å². The SMILES string of the molecule is CC[C@@H]1CNC[C@H]1CN. The summed E-state index contributed by atoms with van der Waals surface area (Å²) >= 11 is 0. The van der Waals surface area contributed by atoms with Crippen LogP contribution in [0.4, 0.5) is 0 Å². The maximum atomic E-state index is 5.56. The van der Waals surface area contributed by atoms with Gasteiger partial charge in [0.05, 0.1) is 0 Å². The third-order valence-corrected chi connectivity index (χ3v) is 2.31. The summed E-state index contributed by atoms with van der Waals surface area (Å²) in [5.41, 5.74) is 5.56. The number of hydrogen-bond acceptors (Lipinski definition) is 2. The van der Waals surface area contributed by atoms with Crippen molar-refractivity contribution in [1.29, 1.82) is 0 Å². The van der Waals surface area contributed by atoms with Gasteiger partial charge in [-0.05, 0) is 31.5 Å². The summed E-state index contributed by atoms with van der Waals surface area (Å²) in [6.07, 6.45) is 1.27. The highest BCUT2D eigenvalue weighted by atomic mass is 14.9. The molecule has 0 spiro atoms. The standard InChI is InChI=1S/C7H16N2/c1-2-6-4-9-5-7(6)3-8/h6-7,9H,2-5,8H2,1H3/t6-,7-/m1/s1. The highest BCUT2D eigenvalue weighted by Crippen LogP contribution is 2.17. The first-order valence-electron chi connectivity index (χ1n) is 3.79. The van der Waals surface area contributed by atoms with E-state index in [-0.39, 0.29) is 0 Å². The van der Waals surface area contributed by atoms with Gasteiger partial charge in [0.15, 0.2) is 0 Å². The summed E-state index contributed by atoms with van der Waals surface area (Å²) in [4.78, 5) is 0. The Balaban J connectivity index is 2.32. The number of hydrogen-bond donors (Lipinski definition) is 2. The average Bonchev–Trinajstić information content (AvgIpc) is 2.33. The minimum Gasteiger partial charge on any atom is -0.330 e. The van der Waals surface area contributed by atoms with Crippen molar-refractivity contribution in [3.05, 3.63) is 0 Å². The van der Waals surface area contributed by atoms with Crippen molar-refractivity contribution < 1.29 is 0 Å². The van der Waals surface area contributed by atoms with Crippen LogP contribution in [0.5, 0.6) is 0 Å². The molecule has 0 amide bonds. The van der Waals surface area contributed by atoms with E-state index < -0.39 is 0 Å². The van der Waals surface area contributed by atoms with Crippen LogP contribution < -0.4 is 11.1 Å². The molecule has 1 saturated heterocycles. The summed E-state index contributed by atoms with van der Waals surface area (Å²) < 4.78 is 0. The van der Waals surface area contributed by atoms with Gasteiger partial charge in [-0.1, -0.05) is 13.3 Å². The van der Waals surface area contributed by atoms with Crippen LogP contribution in [0.25, 0.3) is 0 Å². The highest BCUT2D eigenvalue weighted by Gasteiger charge is 2.23. The number of rotatable bonds is 2. The molecule has 54 valence electrons. The lowest BCUT2D eigenvalue weighted by Crippen LogP contribution is -2.21. The highest BCUT2D eigenvalue weighted by molar-refractivity contribution is 4.80. The molecule has 0 aliphatic carbocycles. The molecular formula is C7H16N2. The number of nitrogens with two attached hydrogens (primary N) is 1. The number of nitrogens with one attached hydrogen (secondary N) is 1. The van der Waals surface area contributed by atoms with Gasteiger partial charge in [-0.3, -0.25) is 0 Å². The van der Waals surface area contributed by atoms with Gasteiger partial charge >= 0.3 is 0 Å². The second-order valence-corrected chi connectivity index (χ2v) is 2.82. The molecule has 3 N–H and O–H groups in total. The first kappa shape index (κ1) is 7.03. The molecule has 0 aromatic rings. The summed E-state index contributed by atoms with van der Waals surface area (Å²) in [6.45, 7) is 5.40. The molecule has 1 heterocycles. The van der Waals surface area contributed by atoms with E-state index in [1.165, 1.54) is 13.0 Å². The molecule has 1 aliphatic heterocycles. The van der Waals surface area contributed by atoms with Gasteiger partial charge in [-0.2, -0.15) is 0 Å². The van der Waals surface area contributed by atoms with Crippen LogP contribution in [0.2, 0.25) is 0 Å². The smallest absolute Gasteiger partial charge is 0.000520 e. The zero-order valence-electron chi connectivity index (χ0n) is 6.06. The van der Waals surface area contributed by atoms with E-state index in [1.807, 2.05) is 0 Å². The molecule has 0 radical (unpaired) electrons. The van der Waals surface area contributed by atoms with Crippen molar-refractivity contribution in [1.82, 2.24) is 5.32 Å². The van der Waals surface area contributed by atoms with Crippen molar-refractivity contribution in [2.45, 2.75) is 13.3 Å². The third-order valence-electron chi connectivity index (χ3n) is 2.31. The van der Waals surface area contributed by atoms with E-state index >= 15 is 0 Å². The Hall–Kier alpha value is -0.0800. The second-order valence-electron chi connectivity index (χ2n) is 2.82. The lowest BCUT2D eigenvalue weighted by molar-refractivity contribution is 0.416. The van der Waals surface area contributed by atoms with Gasteiger partial charge in [-0.15, -0.1) is 0 Å². The largest absolute Gasteiger partial charge is 0.330 e. The molecule has 1 fully saturated rings. The maximum absolute atomic E-state index is 5.56. The van der Waals surface area contributed by atoms with Crippen LogP contribution in [-0.2, 0) is 0 Å². The van der Waals surface area contributed by atoms with Crippen LogP contribution in [0.3, 0.4) is 0 Å². The molecule has 9 heavy (non-hydrogen) atoms. The lowest BCUT2D eigenvalue weighted by Gasteiger charge is -2.12. The van der Waals surface area contributed by atoms with E-state index in [9.17, 15) is 0 Å². The summed E-state index contributed by atoms with van der Waals surface area (Å²) in [7, 11) is 0. The molecule has 0 aromatic heterocycles. The molecule has 2 nitrogen and oxygen atoms in total. The van der Waals surface area contributed by atoms with Crippen LogP contribution in [0, 0.1) is 11.8 Å². The summed E-state index contributed by atoms with van der Waals surface area (Å²) in [5, 5.41) is 3.34. The Morgan fingerprint density at radius 1 is 1.44 bits per heavy atom. The topological polar surface area (TPSA) is 38.0 Å². The molecule has 0 bridgehead atoms. The predicted molar refractivity (Wildman–Crippen MR) is 39.2 cm³/mol. The Kier molecular flexibility index (Phi) is 2.49. The minimum absolute atomic E-state index is 0.745. The zero-order chi connectivity index (χ0) is 6.69. The monoisotopic (exact) mass is 128 g/mol. The molecule has 0 saturated carbocycles. The Labute approximate surface area is 56.8 Å². The van der Waals surface area contributed by atoms with E-state index in [2.05, 4.69) is 12.2 Å². The van der Waals surface area contributed by atoms with Crippen molar-refractivity contribution >= 4 is 0 Å². The fourth-order valence-electron chi connectivity index (χ4n) is 1.54. The van der Waals surface area contributed by atoms with Crippen molar-refractivity contribution in [3.63, 3.8) is 0 Å². The van der Waals surface area contributed by atoms with Crippen LogP contribution >= 0.6 is 0 Å². The van der Waals surface area contributed by atoms with Gasteiger partial charge in [0.1, 0.15) is 0 Å². The lowest BCUT2D eigenvalue weighted by atomic mass is 9.94. The van der Waals surface area contributed by atoms with E-state index in [1.54, 1.807) is 0 Å². The van der Waals surface area contributed by atoms with Crippen molar-refractivity contribution in [2.75, 3.05) is 19.6 Å². The van der Waals surface area contributed by atoms with Crippen LogP contribution in [0.15, 0.2) is 0 Å². The Bertz CT molecular complexity index is 73.0. The second kappa shape index (κ2) is 3.18. The van der Waals surface area contributed by atoms with Crippen LogP contribution in [0.1, 0.15) is 13.3 Å². The maximum Gasteiger partial charge on any atom is -0.000520 e. The van der Waals surface area contributed by atoms with Gasteiger partial charge in [0.25, 0.3) is 0 Å². The van der Waals surface area contributed by atoms with Crippen LogP contribution in [-0.4, -0.2) is 19.6 Å². The Morgan fingerprint density at radius 2 is 2.11 bits per heavy atom. The van der Waals surface area contributed by atoms with Gasteiger partial charge in [0, 0.05) is 0 Å². The summed E-state index contributed by atoms with van der Waals surface area (Å²) in [5.74, 6) is 1.59. The zero-order valence-corrected chi connectivity index (χ0v) is 6.06. The van der Waals surface area contributed by atoms with E-state index in [4.69, 9.17) is 5.73 Å². The Morgan fingerprint density at radius 3 is 2.56 bits per heavy atom. The molecule has 0 aromatic carbocycles. The van der Waals surface area contributed by atoms with Gasteiger partial charge in [-0.25, -0.2) is 0 Å². The minimum atomic E-state index is 0.745. The molecule has 1 aliphatic rings. The molecule has 2 heteroatoms. The van der Waals surface area contributed by atoms with E-state index in [0.29, 0.717) is 0 Å². The molecule has 1 rings (SSSR count). The summed E-state index contributed by atoms with van der Waals surface area (Å²) in [6, 6.07) is 0. The molecule has 0 unspecified atom stereocenters. The quantitative estimate of drug-likeness (QED) is 0.557. The predicted octanol–water partition coefficient (Wildman–Crippen LogP) is 0.191. The average molecular weight is 128 g/mol. The van der Waals surface area contributed by atoms with E-state index in [0.717, 1.165) is 24.9 Å². The molecule has 2 atom stereocenters. The molecular weight excluding hydrogens is 112 g/mol. The van der Waals surface area contributed by atoms with Gasteiger partial charge < -0.3 is 11.1 Å².